The summed E-state index contributed by atoms with van der Waals surface area (Å²) < 4.78 is 43.4. The highest BCUT2D eigenvalue weighted by atomic mass is 19.2. The van der Waals surface area contributed by atoms with Crippen molar-refractivity contribution in [2.24, 2.45) is 0 Å². The second-order valence-corrected chi connectivity index (χ2v) is 8.06. The van der Waals surface area contributed by atoms with E-state index in [1.165, 1.54) is 6.07 Å². The van der Waals surface area contributed by atoms with E-state index in [1.54, 1.807) is 18.2 Å². The van der Waals surface area contributed by atoms with Crippen molar-refractivity contribution in [1.29, 1.82) is 0 Å². The van der Waals surface area contributed by atoms with Crippen molar-refractivity contribution < 1.29 is 13.2 Å². The summed E-state index contributed by atoms with van der Waals surface area (Å²) in [5.41, 5.74) is 4.97. The molecule has 3 heteroatoms. The van der Waals surface area contributed by atoms with Crippen molar-refractivity contribution in [3.05, 3.63) is 100 Å². The van der Waals surface area contributed by atoms with Gasteiger partial charge in [0, 0.05) is 11.1 Å². The van der Waals surface area contributed by atoms with Crippen molar-refractivity contribution in [2.75, 3.05) is 0 Å². The Morgan fingerprint density at radius 2 is 1.53 bits per heavy atom. The van der Waals surface area contributed by atoms with E-state index in [9.17, 15) is 13.2 Å². The highest BCUT2D eigenvalue weighted by molar-refractivity contribution is 5.67. The number of halogens is 3. The first-order valence-electron chi connectivity index (χ1n) is 10.5. The van der Waals surface area contributed by atoms with Crippen LogP contribution in [0.15, 0.2) is 60.7 Å². The maximum atomic E-state index is 14.6. The van der Waals surface area contributed by atoms with Crippen molar-refractivity contribution in [1.82, 2.24) is 0 Å². The van der Waals surface area contributed by atoms with E-state index in [0.717, 1.165) is 47.9 Å². The number of hydrogen-bond donors (Lipinski definition) is 0. The molecule has 0 saturated heterocycles. The Morgan fingerprint density at radius 3 is 2.23 bits per heavy atom. The van der Waals surface area contributed by atoms with Gasteiger partial charge >= 0.3 is 0 Å². The van der Waals surface area contributed by atoms with Crippen LogP contribution in [-0.2, 0) is 12.8 Å². The molecule has 1 aliphatic rings. The molecule has 0 atom stereocenters. The Kier molecular flexibility index (Phi) is 6.08. The van der Waals surface area contributed by atoms with E-state index in [-0.39, 0.29) is 5.82 Å². The molecule has 0 N–H and O–H groups in total. The molecule has 3 aromatic rings. The predicted octanol–water partition coefficient (Wildman–Crippen LogP) is 7.82. The maximum absolute atomic E-state index is 14.6. The van der Waals surface area contributed by atoms with Gasteiger partial charge in [-0.3, -0.25) is 0 Å². The summed E-state index contributed by atoms with van der Waals surface area (Å²) >= 11 is 0. The van der Waals surface area contributed by atoms with E-state index >= 15 is 0 Å². The molecule has 1 aliphatic carbocycles. The summed E-state index contributed by atoms with van der Waals surface area (Å²) in [6, 6.07) is 16.2. The van der Waals surface area contributed by atoms with E-state index in [4.69, 9.17) is 0 Å². The summed E-state index contributed by atoms with van der Waals surface area (Å²) in [6.45, 7) is 1.86. The van der Waals surface area contributed by atoms with E-state index < -0.39 is 11.6 Å². The minimum Gasteiger partial charge on any atom is -0.206 e. The van der Waals surface area contributed by atoms with Gasteiger partial charge in [0.25, 0.3) is 0 Å². The van der Waals surface area contributed by atoms with Gasteiger partial charge in [-0.15, -0.1) is 0 Å². The normalized spacial score (nSPS) is 13.9. The number of hydrogen-bond acceptors (Lipinski definition) is 0. The van der Waals surface area contributed by atoms with Crippen molar-refractivity contribution in [3.8, 4) is 11.1 Å². The Bertz CT molecular complexity index is 1080. The number of aryl methyl sites for hydroxylation is 3. The average molecular weight is 406 g/mol. The van der Waals surface area contributed by atoms with Crippen molar-refractivity contribution >= 4 is 5.57 Å². The monoisotopic (exact) mass is 406 g/mol. The smallest absolute Gasteiger partial charge is 0.166 e. The van der Waals surface area contributed by atoms with Crippen LogP contribution in [0.1, 0.15) is 47.9 Å². The van der Waals surface area contributed by atoms with Crippen LogP contribution in [0.3, 0.4) is 0 Å². The summed E-state index contributed by atoms with van der Waals surface area (Å²) in [5, 5.41) is 0. The lowest BCUT2D eigenvalue weighted by molar-refractivity contribution is 0.495. The number of rotatable bonds is 5. The zero-order valence-electron chi connectivity index (χ0n) is 17.2. The molecule has 0 unspecified atom stereocenters. The van der Waals surface area contributed by atoms with Crippen LogP contribution < -0.4 is 0 Å². The molecule has 0 fully saturated rings. The van der Waals surface area contributed by atoms with Gasteiger partial charge in [-0.05, 0) is 79.3 Å². The van der Waals surface area contributed by atoms with Crippen LogP contribution in [0.2, 0.25) is 0 Å². The second kappa shape index (κ2) is 8.91. The summed E-state index contributed by atoms with van der Waals surface area (Å²) in [6.07, 6.45) is 6.91. The maximum Gasteiger partial charge on any atom is 0.166 e. The SMILES string of the molecule is Cc1ccc(-c2ccc(CCc3ccc(C4=CCCCC4)c(F)c3F)cc2)c(F)c1. The molecule has 0 aliphatic heterocycles. The summed E-state index contributed by atoms with van der Waals surface area (Å²) in [4.78, 5) is 0. The van der Waals surface area contributed by atoms with Gasteiger partial charge < -0.3 is 0 Å². The van der Waals surface area contributed by atoms with E-state index in [1.807, 2.05) is 43.3 Å². The Morgan fingerprint density at radius 1 is 0.767 bits per heavy atom. The highest BCUT2D eigenvalue weighted by Gasteiger charge is 2.17. The minimum atomic E-state index is -0.739. The molecule has 4 rings (SSSR count). The lowest BCUT2D eigenvalue weighted by Crippen LogP contribution is -2.02. The second-order valence-electron chi connectivity index (χ2n) is 8.06. The van der Waals surface area contributed by atoms with Crippen LogP contribution in [-0.4, -0.2) is 0 Å². The summed E-state index contributed by atoms with van der Waals surface area (Å²) in [7, 11) is 0. The topological polar surface area (TPSA) is 0 Å². The molecule has 0 aromatic heterocycles. The fraction of sp³-hybridized carbons (Fsp3) is 0.259. The van der Waals surface area contributed by atoms with Crippen LogP contribution in [0.5, 0.6) is 0 Å². The predicted molar refractivity (Wildman–Crippen MR) is 117 cm³/mol. The Hall–Kier alpha value is -2.81. The zero-order chi connectivity index (χ0) is 21.1. The van der Waals surface area contributed by atoms with Crippen LogP contribution in [0, 0.1) is 24.4 Å². The lowest BCUT2D eigenvalue weighted by atomic mass is 9.92. The lowest BCUT2D eigenvalue weighted by Gasteiger charge is -2.15. The quantitative estimate of drug-likeness (QED) is 0.405. The van der Waals surface area contributed by atoms with Gasteiger partial charge in [0.2, 0.25) is 0 Å². The zero-order valence-corrected chi connectivity index (χ0v) is 17.2. The first-order valence-corrected chi connectivity index (χ1v) is 10.5. The molecule has 0 bridgehead atoms. The third-order valence-electron chi connectivity index (χ3n) is 5.87. The fourth-order valence-corrected chi connectivity index (χ4v) is 4.10. The molecule has 154 valence electrons. The number of allylic oxidation sites excluding steroid dienone is 2. The molecule has 0 nitrogen and oxygen atoms in total. The molecule has 0 amide bonds. The van der Waals surface area contributed by atoms with Crippen LogP contribution in [0.25, 0.3) is 16.7 Å². The van der Waals surface area contributed by atoms with Crippen molar-refractivity contribution in [3.63, 3.8) is 0 Å². The molecule has 3 aromatic carbocycles. The third kappa shape index (κ3) is 4.35. The van der Waals surface area contributed by atoms with Gasteiger partial charge in [0.15, 0.2) is 11.6 Å². The highest BCUT2D eigenvalue weighted by Crippen LogP contribution is 2.31. The van der Waals surface area contributed by atoms with Gasteiger partial charge in [-0.2, -0.15) is 0 Å². The van der Waals surface area contributed by atoms with Crippen LogP contribution >= 0.6 is 0 Å². The third-order valence-corrected chi connectivity index (χ3v) is 5.87. The summed E-state index contributed by atoms with van der Waals surface area (Å²) in [5.74, 6) is -1.71. The fourth-order valence-electron chi connectivity index (χ4n) is 4.10. The standard InChI is InChI=1S/C27H25F3/c1-18-7-15-23(25(28)17-18)21-11-8-19(9-12-21)10-13-22-14-16-24(27(30)26(22)29)20-5-3-2-4-6-20/h5,7-9,11-12,14-17H,2-4,6,10,13H2,1H3. The number of benzene rings is 3. The molecule has 0 heterocycles. The van der Waals surface area contributed by atoms with Gasteiger partial charge in [0.1, 0.15) is 5.82 Å². The first kappa shape index (κ1) is 20.5. The largest absolute Gasteiger partial charge is 0.206 e. The molecule has 0 radical (unpaired) electrons. The Balaban J connectivity index is 1.47. The Labute approximate surface area is 176 Å². The molecular weight excluding hydrogens is 381 g/mol. The minimum absolute atomic E-state index is 0.242. The first-order chi connectivity index (χ1) is 14.5. The molecule has 30 heavy (non-hydrogen) atoms. The van der Waals surface area contributed by atoms with Gasteiger partial charge in [0.05, 0.1) is 0 Å². The molecule has 0 saturated carbocycles. The van der Waals surface area contributed by atoms with Crippen molar-refractivity contribution in [2.45, 2.75) is 45.4 Å². The molecule has 0 spiro atoms. The van der Waals surface area contributed by atoms with Gasteiger partial charge in [-0.1, -0.05) is 54.6 Å². The molecular formula is C27H25F3. The van der Waals surface area contributed by atoms with E-state index in [0.29, 0.717) is 29.5 Å². The van der Waals surface area contributed by atoms with Crippen LogP contribution in [0.4, 0.5) is 13.2 Å². The average Bonchev–Trinajstić information content (AvgIpc) is 2.76. The van der Waals surface area contributed by atoms with Gasteiger partial charge in [-0.25, -0.2) is 13.2 Å². The van der Waals surface area contributed by atoms with E-state index in [2.05, 4.69) is 0 Å².